The van der Waals surface area contributed by atoms with E-state index in [-0.39, 0.29) is 0 Å². The van der Waals surface area contributed by atoms with Crippen molar-refractivity contribution in [1.29, 1.82) is 0 Å². The molecule has 0 aliphatic carbocycles. The number of benzene rings is 3. The van der Waals surface area contributed by atoms with Crippen molar-refractivity contribution in [2.24, 2.45) is 0 Å². The fourth-order valence-electron chi connectivity index (χ4n) is 3.38. The minimum Gasteiger partial charge on any atom is -0.490 e. The van der Waals surface area contributed by atoms with Gasteiger partial charge in [-0.2, -0.15) is 0 Å². The third-order valence-corrected chi connectivity index (χ3v) is 4.66. The van der Waals surface area contributed by atoms with E-state index >= 15 is 0 Å². The second-order valence-electron chi connectivity index (χ2n) is 6.56. The molecule has 0 bridgehead atoms. The number of para-hydroxylation sites is 4. The number of nitrogens with zero attached hydrogens (tertiary/aromatic N) is 2. The van der Waals surface area contributed by atoms with Gasteiger partial charge in [0.25, 0.3) is 0 Å². The van der Waals surface area contributed by atoms with Gasteiger partial charge in [-0.05, 0) is 36.8 Å². The zero-order valence-corrected chi connectivity index (χ0v) is 16.0. The van der Waals surface area contributed by atoms with Gasteiger partial charge in [0.05, 0.1) is 24.2 Å². The molecule has 3 aromatic carbocycles. The summed E-state index contributed by atoms with van der Waals surface area (Å²) in [7, 11) is 0. The highest BCUT2D eigenvalue weighted by atomic mass is 16.5. The fourth-order valence-corrected chi connectivity index (χ4v) is 3.38. The number of fused-ring (bicyclic) bond motifs is 1. The summed E-state index contributed by atoms with van der Waals surface area (Å²) in [6, 6.07) is 26.5. The lowest BCUT2D eigenvalue weighted by Crippen LogP contribution is -2.12. The lowest BCUT2D eigenvalue weighted by atomic mass is 10.1. The molecule has 0 unspecified atom stereocenters. The molecule has 4 aromatic rings. The molecule has 0 amide bonds. The molecule has 1 heterocycles. The van der Waals surface area contributed by atoms with Gasteiger partial charge >= 0.3 is 0 Å². The van der Waals surface area contributed by atoms with Crippen molar-refractivity contribution in [3.8, 4) is 11.5 Å². The van der Waals surface area contributed by atoms with Crippen LogP contribution in [0.15, 0.2) is 78.9 Å². The van der Waals surface area contributed by atoms with Crippen LogP contribution >= 0.6 is 0 Å². The van der Waals surface area contributed by atoms with E-state index in [1.807, 2.05) is 43.3 Å². The second kappa shape index (κ2) is 8.61. The number of imidazole rings is 1. The topological polar surface area (TPSA) is 36.3 Å². The first-order valence-corrected chi connectivity index (χ1v) is 9.68. The first-order valence-electron chi connectivity index (χ1n) is 9.68. The smallest absolute Gasteiger partial charge is 0.161 e. The van der Waals surface area contributed by atoms with Gasteiger partial charge in [-0.25, -0.2) is 4.98 Å². The van der Waals surface area contributed by atoms with E-state index in [9.17, 15) is 0 Å². The Morgan fingerprint density at radius 1 is 0.786 bits per heavy atom. The van der Waals surface area contributed by atoms with Crippen molar-refractivity contribution in [1.82, 2.24) is 9.55 Å². The van der Waals surface area contributed by atoms with Gasteiger partial charge in [-0.3, -0.25) is 0 Å². The summed E-state index contributed by atoms with van der Waals surface area (Å²) < 4.78 is 14.0. The Morgan fingerprint density at radius 2 is 1.46 bits per heavy atom. The molecule has 4 nitrogen and oxygen atoms in total. The van der Waals surface area contributed by atoms with Crippen LogP contribution in [0.5, 0.6) is 11.5 Å². The molecule has 28 heavy (non-hydrogen) atoms. The van der Waals surface area contributed by atoms with Gasteiger partial charge in [0.1, 0.15) is 12.4 Å². The quantitative estimate of drug-likeness (QED) is 0.431. The highest BCUT2D eigenvalue weighted by molar-refractivity contribution is 5.76. The Hall–Kier alpha value is -3.27. The van der Waals surface area contributed by atoms with E-state index in [0.29, 0.717) is 13.2 Å². The van der Waals surface area contributed by atoms with E-state index in [4.69, 9.17) is 14.5 Å². The molecular formula is C24H24N2O2. The van der Waals surface area contributed by atoms with Crippen LogP contribution in [0.4, 0.5) is 0 Å². The molecule has 4 rings (SSSR count). The van der Waals surface area contributed by atoms with Gasteiger partial charge in [0, 0.05) is 6.42 Å². The Labute approximate surface area is 165 Å². The van der Waals surface area contributed by atoms with Gasteiger partial charge in [0.15, 0.2) is 11.5 Å². The highest BCUT2D eigenvalue weighted by Crippen LogP contribution is 2.26. The Kier molecular flexibility index (Phi) is 5.57. The molecule has 0 fully saturated rings. The normalized spacial score (nSPS) is 10.9. The van der Waals surface area contributed by atoms with Crippen LogP contribution < -0.4 is 9.47 Å². The van der Waals surface area contributed by atoms with Crippen LogP contribution in [0.3, 0.4) is 0 Å². The molecule has 0 radical (unpaired) electrons. The largest absolute Gasteiger partial charge is 0.490 e. The highest BCUT2D eigenvalue weighted by Gasteiger charge is 2.12. The maximum Gasteiger partial charge on any atom is 0.161 e. The van der Waals surface area contributed by atoms with Crippen molar-refractivity contribution in [3.05, 3.63) is 90.3 Å². The Bertz CT molecular complexity index is 1040. The maximum absolute atomic E-state index is 6.04. The molecule has 0 aliphatic rings. The number of hydrogen-bond donors (Lipinski definition) is 0. The van der Waals surface area contributed by atoms with Crippen molar-refractivity contribution in [3.63, 3.8) is 0 Å². The van der Waals surface area contributed by atoms with E-state index in [1.54, 1.807) is 0 Å². The van der Waals surface area contributed by atoms with Crippen molar-refractivity contribution in [2.45, 2.75) is 19.9 Å². The molecule has 142 valence electrons. The number of aromatic nitrogens is 2. The molecule has 0 spiro atoms. The lowest BCUT2D eigenvalue weighted by molar-refractivity contribution is 0.266. The van der Waals surface area contributed by atoms with Crippen LogP contribution in [0.1, 0.15) is 18.3 Å². The Morgan fingerprint density at radius 3 is 2.25 bits per heavy atom. The molecule has 0 N–H and O–H groups in total. The van der Waals surface area contributed by atoms with Crippen LogP contribution in [0.2, 0.25) is 0 Å². The van der Waals surface area contributed by atoms with Gasteiger partial charge < -0.3 is 14.0 Å². The minimum absolute atomic E-state index is 0.548. The zero-order chi connectivity index (χ0) is 19.2. The Balaban J connectivity index is 1.55. The standard InChI is InChI=1S/C24H24N2O2/c1-2-27-22-14-8-9-15-23(22)28-17-16-26-21-13-7-6-12-20(21)25-24(26)18-19-10-4-3-5-11-19/h3-15H,2,16-18H2,1H3. The summed E-state index contributed by atoms with van der Waals surface area (Å²) >= 11 is 0. The van der Waals surface area contributed by atoms with E-state index in [2.05, 4.69) is 47.0 Å². The van der Waals surface area contributed by atoms with Crippen LogP contribution in [0, 0.1) is 0 Å². The third-order valence-electron chi connectivity index (χ3n) is 4.66. The summed E-state index contributed by atoms with van der Waals surface area (Å²) in [4.78, 5) is 4.86. The minimum atomic E-state index is 0.548. The average molecular weight is 372 g/mol. The lowest BCUT2D eigenvalue weighted by Gasteiger charge is -2.13. The molecule has 0 saturated carbocycles. The van der Waals surface area contributed by atoms with E-state index in [0.717, 1.165) is 41.3 Å². The first kappa shape index (κ1) is 18.1. The first-order chi connectivity index (χ1) is 13.8. The van der Waals surface area contributed by atoms with Gasteiger partial charge in [-0.15, -0.1) is 0 Å². The number of rotatable bonds is 8. The summed E-state index contributed by atoms with van der Waals surface area (Å²) in [6.07, 6.45) is 0.797. The molecule has 4 heteroatoms. The van der Waals surface area contributed by atoms with Crippen molar-refractivity contribution >= 4 is 11.0 Å². The fraction of sp³-hybridized carbons (Fsp3) is 0.208. The van der Waals surface area contributed by atoms with Gasteiger partial charge in [0.2, 0.25) is 0 Å². The number of ether oxygens (including phenoxy) is 2. The summed E-state index contributed by atoms with van der Waals surface area (Å²) in [5, 5.41) is 0. The second-order valence-corrected chi connectivity index (χ2v) is 6.56. The third kappa shape index (κ3) is 4.01. The van der Waals surface area contributed by atoms with Crippen LogP contribution in [0.25, 0.3) is 11.0 Å². The SMILES string of the molecule is CCOc1ccccc1OCCn1c(Cc2ccccc2)nc2ccccc21. The summed E-state index contributed by atoms with van der Waals surface area (Å²) in [5.41, 5.74) is 3.40. The van der Waals surface area contributed by atoms with E-state index in [1.165, 1.54) is 5.56 Å². The predicted molar refractivity (Wildman–Crippen MR) is 112 cm³/mol. The molecule has 0 aliphatic heterocycles. The van der Waals surface area contributed by atoms with Crippen LogP contribution in [-0.4, -0.2) is 22.8 Å². The molecule has 1 aromatic heterocycles. The molecular weight excluding hydrogens is 348 g/mol. The summed E-state index contributed by atoms with van der Waals surface area (Å²) in [6.45, 7) is 3.87. The zero-order valence-electron chi connectivity index (χ0n) is 16.0. The molecule has 0 saturated heterocycles. The van der Waals surface area contributed by atoms with Gasteiger partial charge in [-0.1, -0.05) is 54.6 Å². The maximum atomic E-state index is 6.04. The van der Waals surface area contributed by atoms with Crippen LogP contribution in [-0.2, 0) is 13.0 Å². The van der Waals surface area contributed by atoms with E-state index < -0.39 is 0 Å². The number of hydrogen-bond acceptors (Lipinski definition) is 3. The van der Waals surface area contributed by atoms with Crippen molar-refractivity contribution < 1.29 is 9.47 Å². The average Bonchev–Trinajstić information content (AvgIpc) is 3.07. The molecule has 0 atom stereocenters. The predicted octanol–water partition coefficient (Wildman–Crippen LogP) is 5.10. The van der Waals surface area contributed by atoms with Crippen molar-refractivity contribution in [2.75, 3.05) is 13.2 Å². The monoisotopic (exact) mass is 372 g/mol. The summed E-state index contributed by atoms with van der Waals surface area (Å²) in [5.74, 6) is 2.61.